The monoisotopic (exact) mass is 638 g/mol. The maximum Gasteiger partial charge on any atom is 0.334 e. The number of carbonyl (C=O) groups excluding carboxylic acids is 3. The number of carbonyl (C=O) groups is 3. The van der Waals surface area contributed by atoms with Crippen molar-refractivity contribution < 1.29 is 23.9 Å². The normalized spacial score (nSPS) is 18.4. The number of nitrogens with one attached hydrogen (secondary N) is 1. The first-order valence-corrected chi connectivity index (χ1v) is 15.5. The number of urea groups is 1. The van der Waals surface area contributed by atoms with Crippen molar-refractivity contribution in [2.45, 2.75) is 31.7 Å². The van der Waals surface area contributed by atoms with Crippen LogP contribution >= 0.6 is 11.3 Å². The van der Waals surface area contributed by atoms with Crippen LogP contribution in [0.15, 0.2) is 78.8 Å². The number of piperazine rings is 1. The van der Waals surface area contributed by atoms with Crippen molar-refractivity contribution in [3.05, 3.63) is 107 Å². The third-order valence-corrected chi connectivity index (χ3v) is 9.02. The van der Waals surface area contributed by atoms with Gasteiger partial charge in [-0.1, -0.05) is 42.3 Å². The zero-order valence-corrected chi connectivity index (χ0v) is 25.6. The molecule has 2 saturated heterocycles. The zero-order valence-electron chi connectivity index (χ0n) is 24.8. The Labute approximate surface area is 269 Å². The first-order valence-electron chi connectivity index (χ1n) is 14.6. The quantitative estimate of drug-likeness (QED) is 0.224. The average molecular weight is 639 g/mol. The van der Waals surface area contributed by atoms with Gasteiger partial charge in [0.1, 0.15) is 23.8 Å². The molecule has 1 aromatic heterocycles. The van der Waals surface area contributed by atoms with E-state index in [1.807, 2.05) is 12.1 Å². The second-order valence-electron chi connectivity index (χ2n) is 11.1. The van der Waals surface area contributed by atoms with E-state index in [2.05, 4.69) is 22.8 Å². The van der Waals surface area contributed by atoms with E-state index in [9.17, 15) is 23.9 Å². The van der Waals surface area contributed by atoms with Crippen LogP contribution in [0, 0.1) is 18.2 Å². The third kappa shape index (κ3) is 6.02. The van der Waals surface area contributed by atoms with Gasteiger partial charge >= 0.3 is 6.03 Å². The highest BCUT2D eigenvalue weighted by atomic mass is 32.1. The molecule has 0 aliphatic carbocycles. The van der Waals surface area contributed by atoms with Crippen molar-refractivity contribution in [3.63, 3.8) is 0 Å². The van der Waals surface area contributed by atoms with Crippen molar-refractivity contribution in [2.75, 3.05) is 19.6 Å². The minimum Gasteiger partial charge on any atom is -0.508 e. The van der Waals surface area contributed by atoms with Crippen molar-refractivity contribution >= 4 is 39.4 Å². The lowest BCUT2D eigenvalue weighted by Crippen LogP contribution is -2.76. The summed E-state index contributed by atoms with van der Waals surface area (Å²) in [6, 6.07) is 15.3. The Morgan fingerprint density at radius 2 is 1.87 bits per heavy atom. The van der Waals surface area contributed by atoms with Crippen molar-refractivity contribution in [1.82, 2.24) is 30.1 Å². The molecule has 234 valence electrons. The first kappa shape index (κ1) is 30.8. The molecule has 4 aromatic rings. The molecule has 2 aliphatic rings. The number of hydrazine groups is 1. The van der Waals surface area contributed by atoms with Crippen LogP contribution in [0.2, 0.25) is 0 Å². The smallest absolute Gasteiger partial charge is 0.334 e. The van der Waals surface area contributed by atoms with Gasteiger partial charge in [0.2, 0.25) is 11.8 Å². The number of terminal acetylenes is 1. The zero-order chi connectivity index (χ0) is 32.4. The van der Waals surface area contributed by atoms with Gasteiger partial charge in [-0.2, -0.15) is 0 Å². The lowest BCUT2D eigenvalue weighted by molar-refractivity contribution is -0.189. The van der Waals surface area contributed by atoms with Gasteiger partial charge in [0.05, 0.1) is 28.8 Å². The lowest BCUT2D eigenvalue weighted by atomic mass is 9.98. The molecule has 0 spiro atoms. The molecule has 0 bridgehead atoms. The molecule has 3 heterocycles. The molecular weight excluding hydrogens is 607 g/mol. The van der Waals surface area contributed by atoms with E-state index in [-0.39, 0.29) is 56.7 Å². The molecule has 2 aliphatic heterocycles. The fraction of sp³-hybridized carbons (Fsp3) is 0.235. The topological polar surface area (TPSA) is 109 Å². The van der Waals surface area contributed by atoms with Crippen LogP contribution in [0.25, 0.3) is 10.2 Å². The van der Waals surface area contributed by atoms with Gasteiger partial charge in [-0.05, 0) is 47.0 Å². The molecule has 10 nitrogen and oxygen atoms in total. The van der Waals surface area contributed by atoms with Gasteiger partial charge in [-0.25, -0.2) is 24.2 Å². The molecule has 6 rings (SSSR count). The molecule has 2 atom stereocenters. The molecule has 3 aromatic carbocycles. The summed E-state index contributed by atoms with van der Waals surface area (Å²) in [6.45, 7) is 4.22. The highest BCUT2D eigenvalue weighted by Gasteiger charge is 2.51. The van der Waals surface area contributed by atoms with Gasteiger partial charge < -0.3 is 20.2 Å². The Balaban J connectivity index is 1.35. The number of aromatic nitrogens is 1. The number of benzene rings is 3. The van der Waals surface area contributed by atoms with Gasteiger partial charge in [0.15, 0.2) is 0 Å². The van der Waals surface area contributed by atoms with Gasteiger partial charge in [0, 0.05) is 31.6 Å². The molecule has 0 unspecified atom stereocenters. The van der Waals surface area contributed by atoms with Crippen LogP contribution in [0.5, 0.6) is 5.75 Å². The van der Waals surface area contributed by atoms with Crippen LogP contribution in [-0.4, -0.2) is 79.6 Å². The Morgan fingerprint density at radius 3 is 2.59 bits per heavy atom. The Hall–Kier alpha value is -5.25. The van der Waals surface area contributed by atoms with E-state index < -0.39 is 24.1 Å². The molecule has 46 heavy (non-hydrogen) atoms. The highest BCUT2D eigenvalue weighted by Crippen LogP contribution is 2.31. The summed E-state index contributed by atoms with van der Waals surface area (Å²) in [5.74, 6) is 1.64. The number of phenols is 1. The van der Waals surface area contributed by atoms with E-state index in [1.165, 1.54) is 39.4 Å². The molecule has 4 amide bonds. The minimum absolute atomic E-state index is 0.0115. The van der Waals surface area contributed by atoms with Crippen LogP contribution in [0.1, 0.15) is 22.3 Å². The fourth-order valence-electron chi connectivity index (χ4n) is 5.98. The number of thiazole rings is 1. The SMILES string of the molecule is C#Cc1ccc(CNC(=O)N2[C@H]3CN(Cc4ccc(F)c5scnc45)C(=O)[C@H](Cc4ccc(O)cc4)N3C(=O)CN2CC=C)cc1. The van der Waals surface area contributed by atoms with Crippen molar-refractivity contribution in [3.8, 4) is 18.1 Å². The predicted octanol–water partition coefficient (Wildman–Crippen LogP) is 3.86. The second kappa shape index (κ2) is 13.0. The fourth-order valence-corrected chi connectivity index (χ4v) is 6.72. The highest BCUT2D eigenvalue weighted by molar-refractivity contribution is 7.16. The van der Waals surface area contributed by atoms with Crippen LogP contribution in [0.3, 0.4) is 0 Å². The standard InChI is InChI=1S/C34H31FN6O4S/c1-3-15-39-20-30(43)40-28(16-23-9-12-26(42)13-10-23)33(44)38(18-25-11-14-27(35)32-31(25)37-21-46-32)19-29(40)41(39)34(45)36-17-24-7-5-22(4-2)6-8-24/h2-3,5-14,21,28-29,42H,1,15-20H2,(H,36,45)/t28-,29-/m0/s1. The maximum absolute atomic E-state index is 14.5. The van der Waals surface area contributed by atoms with Crippen molar-refractivity contribution in [2.24, 2.45) is 0 Å². The molecule has 0 radical (unpaired) electrons. The Kier molecular flexibility index (Phi) is 8.70. The van der Waals surface area contributed by atoms with Gasteiger partial charge in [-0.15, -0.1) is 24.3 Å². The number of aromatic hydroxyl groups is 1. The largest absolute Gasteiger partial charge is 0.508 e. The van der Waals surface area contributed by atoms with Gasteiger partial charge in [-0.3, -0.25) is 9.59 Å². The van der Waals surface area contributed by atoms with Crippen LogP contribution in [0.4, 0.5) is 9.18 Å². The molecule has 2 N–H and O–H groups in total. The third-order valence-electron chi connectivity index (χ3n) is 8.19. The van der Waals surface area contributed by atoms with E-state index in [0.717, 1.165) is 16.7 Å². The average Bonchev–Trinajstić information content (AvgIpc) is 3.56. The number of rotatable bonds is 8. The van der Waals surface area contributed by atoms with Crippen molar-refractivity contribution in [1.29, 1.82) is 0 Å². The summed E-state index contributed by atoms with van der Waals surface area (Å²) in [7, 11) is 0. The van der Waals surface area contributed by atoms with Crippen LogP contribution in [-0.2, 0) is 29.1 Å². The first-order chi connectivity index (χ1) is 22.3. The molecule has 12 heteroatoms. The second-order valence-corrected chi connectivity index (χ2v) is 12.0. The van der Waals surface area contributed by atoms with E-state index >= 15 is 0 Å². The number of amides is 4. The Morgan fingerprint density at radius 1 is 1.13 bits per heavy atom. The van der Waals surface area contributed by atoms with E-state index in [1.54, 1.807) is 51.8 Å². The number of halogens is 1. The summed E-state index contributed by atoms with van der Waals surface area (Å²) < 4.78 is 14.9. The van der Waals surface area contributed by atoms with Gasteiger partial charge in [0.25, 0.3) is 0 Å². The Bertz CT molecular complexity index is 1840. The molecule has 2 fully saturated rings. The summed E-state index contributed by atoms with van der Waals surface area (Å²) in [4.78, 5) is 49.4. The molecular formula is C34H31FN6O4S. The number of hydrogen-bond donors (Lipinski definition) is 2. The maximum atomic E-state index is 14.5. The number of nitrogens with zero attached hydrogens (tertiary/aromatic N) is 5. The number of fused-ring (bicyclic) bond motifs is 2. The summed E-state index contributed by atoms with van der Waals surface area (Å²) in [5.41, 5.74) is 4.97. The van der Waals surface area contributed by atoms with E-state index in [4.69, 9.17) is 6.42 Å². The number of hydrogen-bond acceptors (Lipinski definition) is 7. The summed E-state index contributed by atoms with van der Waals surface area (Å²) in [5, 5.41) is 15.9. The number of phenolic OH excluding ortho intramolecular Hbond substituents is 1. The predicted molar refractivity (Wildman–Crippen MR) is 171 cm³/mol. The summed E-state index contributed by atoms with van der Waals surface area (Å²) in [6.07, 6.45) is 6.39. The van der Waals surface area contributed by atoms with E-state index in [0.29, 0.717) is 15.8 Å². The lowest BCUT2D eigenvalue weighted by Gasteiger charge is -2.55. The molecule has 0 saturated carbocycles. The minimum atomic E-state index is -0.945. The summed E-state index contributed by atoms with van der Waals surface area (Å²) >= 11 is 1.18. The van der Waals surface area contributed by atoms with Crippen LogP contribution < -0.4 is 5.32 Å².